The van der Waals surface area contributed by atoms with Crippen molar-refractivity contribution in [2.45, 2.75) is 50.9 Å². The molecule has 0 spiro atoms. The number of amides is 1. The van der Waals surface area contributed by atoms with Crippen molar-refractivity contribution in [2.24, 2.45) is 0 Å². The molecule has 0 aromatic rings. The highest BCUT2D eigenvalue weighted by atomic mass is 16.5. The lowest BCUT2D eigenvalue weighted by atomic mass is 10.1. The minimum atomic E-state index is -0.228. The van der Waals surface area contributed by atoms with Crippen LogP contribution in [0.25, 0.3) is 0 Å². The van der Waals surface area contributed by atoms with Crippen LogP contribution in [0.2, 0.25) is 0 Å². The highest BCUT2D eigenvalue weighted by molar-refractivity contribution is 5.81. The summed E-state index contributed by atoms with van der Waals surface area (Å²) in [6.45, 7) is 3.54. The van der Waals surface area contributed by atoms with E-state index in [1.54, 1.807) is 0 Å². The van der Waals surface area contributed by atoms with Crippen molar-refractivity contribution in [2.75, 3.05) is 13.2 Å². The van der Waals surface area contributed by atoms with E-state index in [1.165, 1.54) is 0 Å². The zero-order chi connectivity index (χ0) is 10.7. The average Bonchev–Trinajstić information content (AvgIpc) is 2.91. The van der Waals surface area contributed by atoms with E-state index in [9.17, 15) is 4.79 Å². The van der Waals surface area contributed by atoms with Gasteiger partial charge in [-0.25, -0.2) is 0 Å². The van der Waals surface area contributed by atoms with Crippen LogP contribution in [0.4, 0.5) is 0 Å². The predicted molar refractivity (Wildman–Crippen MR) is 55.6 cm³/mol. The molecule has 1 amide bonds. The van der Waals surface area contributed by atoms with Crippen LogP contribution in [-0.4, -0.2) is 37.4 Å². The Kier molecular flexibility index (Phi) is 3.59. The number of rotatable bonds is 3. The second-order valence-corrected chi connectivity index (χ2v) is 4.35. The molecule has 4 nitrogen and oxygen atoms in total. The van der Waals surface area contributed by atoms with Gasteiger partial charge in [-0.1, -0.05) is 0 Å². The molecule has 2 aliphatic rings. The summed E-state index contributed by atoms with van der Waals surface area (Å²) in [5.41, 5.74) is 0. The molecule has 3 unspecified atom stereocenters. The Hall–Kier alpha value is -0.610. The van der Waals surface area contributed by atoms with E-state index in [2.05, 4.69) is 5.32 Å². The van der Waals surface area contributed by atoms with Crippen molar-refractivity contribution < 1.29 is 14.3 Å². The highest BCUT2D eigenvalue weighted by Crippen LogP contribution is 2.17. The number of carbonyl (C=O) groups is 1. The van der Waals surface area contributed by atoms with Crippen molar-refractivity contribution in [1.82, 2.24) is 5.32 Å². The number of hydrogen-bond donors (Lipinski definition) is 1. The van der Waals surface area contributed by atoms with Gasteiger partial charge in [0, 0.05) is 13.2 Å². The van der Waals surface area contributed by atoms with E-state index < -0.39 is 0 Å². The van der Waals surface area contributed by atoms with Gasteiger partial charge in [0.2, 0.25) is 5.91 Å². The molecule has 2 fully saturated rings. The number of hydrogen-bond acceptors (Lipinski definition) is 3. The molecular formula is C11H19NO3. The quantitative estimate of drug-likeness (QED) is 0.756. The first-order valence-electron chi connectivity index (χ1n) is 5.81. The number of ether oxygens (including phenoxy) is 2. The lowest BCUT2D eigenvalue weighted by Crippen LogP contribution is -2.45. The lowest BCUT2D eigenvalue weighted by molar-refractivity contribution is -0.131. The van der Waals surface area contributed by atoms with E-state index in [0.29, 0.717) is 6.61 Å². The average molecular weight is 213 g/mol. The molecular weight excluding hydrogens is 194 g/mol. The molecule has 0 aromatic carbocycles. The largest absolute Gasteiger partial charge is 0.376 e. The molecule has 15 heavy (non-hydrogen) atoms. The number of carbonyl (C=O) groups excluding carboxylic acids is 1. The Morgan fingerprint density at radius 2 is 2.00 bits per heavy atom. The molecule has 0 aromatic heterocycles. The fraction of sp³-hybridized carbons (Fsp3) is 0.909. The van der Waals surface area contributed by atoms with Gasteiger partial charge >= 0.3 is 0 Å². The topological polar surface area (TPSA) is 47.6 Å². The van der Waals surface area contributed by atoms with Gasteiger partial charge in [0.15, 0.2) is 0 Å². The van der Waals surface area contributed by atoms with Crippen LogP contribution in [0, 0.1) is 0 Å². The van der Waals surface area contributed by atoms with Crippen LogP contribution in [0.1, 0.15) is 32.6 Å². The third-order valence-corrected chi connectivity index (χ3v) is 3.11. The monoisotopic (exact) mass is 213 g/mol. The first-order valence-corrected chi connectivity index (χ1v) is 5.81. The SMILES string of the molecule is CC(NC(=O)C1CCCO1)C1CCCO1. The van der Waals surface area contributed by atoms with Crippen molar-refractivity contribution in [3.05, 3.63) is 0 Å². The predicted octanol–water partition coefficient (Wildman–Crippen LogP) is 0.849. The summed E-state index contributed by atoms with van der Waals surface area (Å²) in [6, 6.07) is 0.101. The van der Waals surface area contributed by atoms with Crippen LogP contribution in [0.5, 0.6) is 0 Å². The van der Waals surface area contributed by atoms with E-state index in [1.807, 2.05) is 6.92 Å². The Bertz CT molecular complexity index is 220. The van der Waals surface area contributed by atoms with Crippen molar-refractivity contribution in [3.63, 3.8) is 0 Å². The van der Waals surface area contributed by atoms with Gasteiger partial charge in [-0.3, -0.25) is 4.79 Å². The highest BCUT2D eigenvalue weighted by Gasteiger charge is 2.28. The first-order chi connectivity index (χ1) is 7.27. The maximum Gasteiger partial charge on any atom is 0.249 e. The zero-order valence-corrected chi connectivity index (χ0v) is 9.20. The third kappa shape index (κ3) is 2.69. The third-order valence-electron chi connectivity index (χ3n) is 3.11. The lowest BCUT2D eigenvalue weighted by Gasteiger charge is -2.21. The zero-order valence-electron chi connectivity index (χ0n) is 9.20. The van der Waals surface area contributed by atoms with E-state index >= 15 is 0 Å². The normalized spacial score (nSPS) is 32.9. The summed E-state index contributed by atoms with van der Waals surface area (Å²) < 4.78 is 10.8. The molecule has 4 heteroatoms. The van der Waals surface area contributed by atoms with Gasteiger partial charge in [0.05, 0.1) is 12.1 Å². The molecule has 1 N–H and O–H groups in total. The number of nitrogens with one attached hydrogen (secondary N) is 1. The van der Waals surface area contributed by atoms with Gasteiger partial charge in [-0.05, 0) is 32.6 Å². The fourth-order valence-electron chi connectivity index (χ4n) is 2.19. The summed E-state index contributed by atoms with van der Waals surface area (Å²) in [6.07, 6.45) is 3.96. The van der Waals surface area contributed by atoms with Crippen LogP contribution < -0.4 is 5.32 Å². The molecule has 0 aliphatic carbocycles. The molecule has 0 saturated carbocycles. The van der Waals surface area contributed by atoms with Crippen LogP contribution in [0.15, 0.2) is 0 Å². The molecule has 0 radical (unpaired) electrons. The molecule has 2 heterocycles. The minimum absolute atomic E-state index is 0.0236. The van der Waals surface area contributed by atoms with Gasteiger partial charge in [0.1, 0.15) is 6.10 Å². The summed E-state index contributed by atoms with van der Waals surface area (Å²) in [5.74, 6) is 0.0236. The first kappa shape index (κ1) is 10.9. The standard InChI is InChI=1S/C11H19NO3/c1-8(9-4-2-6-14-9)12-11(13)10-5-3-7-15-10/h8-10H,2-7H2,1H3,(H,12,13). The second-order valence-electron chi connectivity index (χ2n) is 4.35. The Labute approximate surface area is 90.3 Å². The van der Waals surface area contributed by atoms with Crippen LogP contribution >= 0.6 is 0 Å². The Morgan fingerprint density at radius 3 is 2.60 bits per heavy atom. The molecule has 2 saturated heterocycles. The van der Waals surface area contributed by atoms with E-state index in [-0.39, 0.29) is 24.2 Å². The fourth-order valence-corrected chi connectivity index (χ4v) is 2.19. The summed E-state index contributed by atoms with van der Waals surface area (Å²) >= 11 is 0. The van der Waals surface area contributed by atoms with Gasteiger partial charge in [0.25, 0.3) is 0 Å². The smallest absolute Gasteiger partial charge is 0.249 e. The Balaban J connectivity index is 1.77. The Morgan fingerprint density at radius 1 is 1.27 bits per heavy atom. The van der Waals surface area contributed by atoms with Crippen LogP contribution in [-0.2, 0) is 14.3 Å². The summed E-state index contributed by atoms with van der Waals surface area (Å²) in [4.78, 5) is 11.7. The molecule has 3 atom stereocenters. The van der Waals surface area contributed by atoms with Crippen molar-refractivity contribution >= 4 is 5.91 Å². The van der Waals surface area contributed by atoms with Crippen molar-refractivity contribution in [1.29, 1.82) is 0 Å². The van der Waals surface area contributed by atoms with Gasteiger partial charge in [-0.15, -0.1) is 0 Å². The molecule has 86 valence electrons. The van der Waals surface area contributed by atoms with Gasteiger partial charge in [-0.2, -0.15) is 0 Å². The second kappa shape index (κ2) is 4.94. The summed E-state index contributed by atoms with van der Waals surface area (Å²) in [7, 11) is 0. The molecule has 2 rings (SSSR count). The van der Waals surface area contributed by atoms with E-state index in [4.69, 9.17) is 9.47 Å². The molecule has 2 aliphatic heterocycles. The van der Waals surface area contributed by atoms with Crippen molar-refractivity contribution in [3.8, 4) is 0 Å². The van der Waals surface area contributed by atoms with Crippen LogP contribution in [0.3, 0.4) is 0 Å². The van der Waals surface area contributed by atoms with E-state index in [0.717, 1.165) is 32.3 Å². The minimum Gasteiger partial charge on any atom is -0.376 e. The summed E-state index contributed by atoms with van der Waals surface area (Å²) in [5, 5.41) is 2.97. The maximum atomic E-state index is 11.7. The molecule has 0 bridgehead atoms. The maximum absolute atomic E-state index is 11.7. The van der Waals surface area contributed by atoms with Gasteiger partial charge < -0.3 is 14.8 Å².